The highest BCUT2D eigenvalue weighted by molar-refractivity contribution is 5.91. The first-order chi connectivity index (χ1) is 9.99. The topological polar surface area (TPSA) is 93.5 Å². The lowest BCUT2D eigenvalue weighted by Crippen LogP contribution is -2.19. The average Bonchev–Trinajstić information content (AvgIpc) is 2.79. The fraction of sp³-hybridized carbons (Fsp3) is 0.214. The third-order valence-electron chi connectivity index (χ3n) is 2.84. The van der Waals surface area contributed by atoms with Crippen LogP contribution >= 0.6 is 0 Å². The van der Waals surface area contributed by atoms with Crippen molar-refractivity contribution >= 4 is 17.6 Å². The van der Waals surface area contributed by atoms with Crippen LogP contribution in [0.4, 0.5) is 5.69 Å². The second-order valence-electron chi connectivity index (χ2n) is 4.41. The summed E-state index contributed by atoms with van der Waals surface area (Å²) in [5.74, 6) is -0.731. The lowest BCUT2D eigenvalue weighted by Gasteiger charge is -2.07. The molecule has 0 saturated heterocycles. The molecule has 0 bridgehead atoms. The van der Waals surface area contributed by atoms with E-state index in [2.05, 4.69) is 10.4 Å². The van der Waals surface area contributed by atoms with Crippen LogP contribution in [0.25, 0.3) is 0 Å². The van der Waals surface area contributed by atoms with Gasteiger partial charge in [-0.1, -0.05) is 6.07 Å². The predicted octanol–water partition coefficient (Wildman–Crippen LogP) is 1.54. The number of carboxylic acid groups (broad SMARTS) is 1. The van der Waals surface area contributed by atoms with Gasteiger partial charge in [0.2, 0.25) is 5.91 Å². The first kappa shape index (κ1) is 14.6. The van der Waals surface area contributed by atoms with Crippen LogP contribution < -0.4 is 10.1 Å². The predicted molar refractivity (Wildman–Crippen MR) is 75.5 cm³/mol. The molecule has 1 aromatic carbocycles. The zero-order chi connectivity index (χ0) is 15.4. The number of anilines is 1. The number of aryl methyl sites for hydroxylation is 1. The van der Waals surface area contributed by atoms with Gasteiger partial charge in [-0.2, -0.15) is 5.10 Å². The number of rotatable bonds is 5. The number of nitrogens with one attached hydrogen (secondary N) is 1. The van der Waals surface area contributed by atoms with Crippen LogP contribution in [0.1, 0.15) is 16.1 Å². The van der Waals surface area contributed by atoms with Crippen molar-refractivity contribution < 1.29 is 19.4 Å². The van der Waals surface area contributed by atoms with Gasteiger partial charge in [-0.25, -0.2) is 4.79 Å². The smallest absolute Gasteiger partial charge is 0.339 e. The van der Waals surface area contributed by atoms with Crippen molar-refractivity contribution in [1.82, 2.24) is 9.78 Å². The molecule has 0 atom stereocenters. The Labute approximate surface area is 121 Å². The summed E-state index contributed by atoms with van der Waals surface area (Å²) in [5, 5.41) is 15.6. The Morgan fingerprint density at radius 1 is 1.43 bits per heavy atom. The number of nitrogens with zero attached hydrogens (tertiary/aromatic N) is 2. The van der Waals surface area contributed by atoms with Crippen LogP contribution in [-0.4, -0.2) is 33.9 Å². The van der Waals surface area contributed by atoms with Crippen molar-refractivity contribution in [3.05, 3.63) is 41.7 Å². The average molecular weight is 289 g/mol. The van der Waals surface area contributed by atoms with Gasteiger partial charge in [-0.15, -0.1) is 0 Å². The molecule has 0 spiro atoms. The molecule has 2 aromatic rings. The van der Waals surface area contributed by atoms with E-state index in [1.54, 1.807) is 38.3 Å². The van der Waals surface area contributed by atoms with Gasteiger partial charge >= 0.3 is 5.97 Å². The lowest BCUT2D eigenvalue weighted by molar-refractivity contribution is -0.116. The van der Waals surface area contributed by atoms with E-state index < -0.39 is 5.97 Å². The van der Waals surface area contributed by atoms with Gasteiger partial charge in [0, 0.05) is 18.0 Å². The number of aromatic nitrogens is 2. The molecule has 110 valence electrons. The number of carbonyl (C=O) groups excluding carboxylic acids is 1. The maximum absolute atomic E-state index is 11.9. The zero-order valence-corrected chi connectivity index (χ0v) is 11.7. The molecule has 0 fully saturated rings. The largest absolute Gasteiger partial charge is 0.497 e. The number of aromatic carboxylic acids is 1. The van der Waals surface area contributed by atoms with E-state index in [9.17, 15) is 9.59 Å². The number of carboxylic acids is 1. The normalized spacial score (nSPS) is 10.2. The molecule has 0 aliphatic heterocycles. The third-order valence-corrected chi connectivity index (χ3v) is 2.84. The summed E-state index contributed by atoms with van der Waals surface area (Å²) in [7, 11) is 1.54. The van der Waals surface area contributed by atoms with Gasteiger partial charge < -0.3 is 15.2 Å². The number of methoxy groups -OCH3 is 1. The van der Waals surface area contributed by atoms with E-state index >= 15 is 0 Å². The van der Waals surface area contributed by atoms with Gasteiger partial charge in [0.05, 0.1) is 12.8 Å². The molecule has 2 N–H and O–H groups in total. The molecule has 1 heterocycles. The molecule has 0 unspecified atom stereocenters. The molecule has 0 aliphatic rings. The minimum absolute atomic E-state index is 0.0642. The van der Waals surface area contributed by atoms with Gasteiger partial charge in [0.1, 0.15) is 17.9 Å². The second kappa shape index (κ2) is 6.08. The van der Waals surface area contributed by atoms with Crippen LogP contribution in [0, 0.1) is 6.92 Å². The number of hydrogen-bond donors (Lipinski definition) is 2. The van der Waals surface area contributed by atoms with Gasteiger partial charge in [0.15, 0.2) is 0 Å². The Morgan fingerprint density at radius 3 is 2.81 bits per heavy atom. The quantitative estimate of drug-likeness (QED) is 0.870. The first-order valence-corrected chi connectivity index (χ1v) is 6.21. The number of carbonyl (C=O) groups is 2. The van der Waals surface area contributed by atoms with Crippen LogP contribution in [-0.2, 0) is 11.3 Å². The summed E-state index contributed by atoms with van der Waals surface area (Å²) in [5.41, 5.74) is 1.06. The maximum atomic E-state index is 11.9. The third kappa shape index (κ3) is 3.59. The van der Waals surface area contributed by atoms with Crippen molar-refractivity contribution in [2.75, 3.05) is 12.4 Å². The minimum atomic E-state index is -1.06. The standard InChI is InChI=1S/C14H15N3O4/c1-9-12(14(19)20)7-17(16-9)8-13(18)15-10-4-3-5-11(6-10)21-2/h3-7H,8H2,1-2H3,(H,15,18)(H,19,20). The molecule has 0 saturated carbocycles. The van der Waals surface area contributed by atoms with Gasteiger partial charge in [-0.05, 0) is 19.1 Å². The number of ether oxygens (including phenoxy) is 1. The maximum Gasteiger partial charge on any atom is 0.339 e. The van der Waals surface area contributed by atoms with E-state index in [4.69, 9.17) is 9.84 Å². The number of amides is 1. The molecule has 21 heavy (non-hydrogen) atoms. The summed E-state index contributed by atoms with van der Waals surface area (Å²) in [4.78, 5) is 22.8. The van der Waals surface area contributed by atoms with E-state index in [0.717, 1.165) is 0 Å². The minimum Gasteiger partial charge on any atom is -0.497 e. The van der Waals surface area contributed by atoms with Crippen molar-refractivity contribution in [2.45, 2.75) is 13.5 Å². The van der Waals surface area contributed by atoms with E-state index in [0.29, 0.717) is 17.1 Å². The second-order valence-corrected chi connectivity index (χ2v) is 4.41. The molecule has 2 rings (SSSR count). The molecule has 0 aliphatic carbocycles. The van der Waals surface area contributed by atoms with Crippen LogP contribution in [0.5, 0.6) is 5.75 Å². The van der Waals surface area contributed by atoms with E-state index in [1.807, 2.05) is 0 Å². The Bertz CT molecular complexity index is 679. The Morgan fingerprint density at radius 2 is 2.19 bits per heavy atom. The van der Waals surface area contributed by atoms with E-state index in [1.165, 1.54) is 10.9 Å². The highest BCUT2D eigenvalue weighted by Gasteiger charge is 2.13. The lowest BCUT2D eigenvalue weighted by atomic mass is 10.3. The summed E-state index contributed by atoms with van der Waals surface area (Å²) >= 11 is 0. The van der Waals surface area contributed by atoms with Crippen LogP contribution in [0.2, 0.25) is 0 Å². The Hall–Kier alpha value is -2.83. The highest BCUT2D eigenvalue weighted by Crippen LogP contribution is 2.16. The van der Waals surface area contributed by atoms with Crippen molar-refractivity contribution in [1.29, 1.82) is 0 Å². The summed E-state index contributed by atoms with van der Waals surface area (Å²) in [6, 6.07) is 6.95. The molecule has 0 radical (unpaired) electrons. The van der Waals surface area contributed by atoms with Crippen LogP contribution in [0.3, 0.4) is 0 Å². The molecule has 1 aromatic heterocycles. The van der Waals surface area contributed by atoms with E-state index in [-0.39, 0.29) is 18.0 Å². The van der Waals surface area contributed by atoms with Crippen molar-refractivity contribution in [2.24, 2.45) is 0 Å². The molecular formula is C14H15N3O4. The summed E-state index contributed by atoms with van der Waals surface area (Å²) in [6.07, 6.45) is 1.34. The highest BCUT2D eigenvalue weighted by atomic mass is 16.5. The Kier molecular flexibility index (Phi) is 4.22. The SMILES string of the molecule is COc1cccc(NC(=O)Cn2cc(C(=O)O)c(C)n2)c1. The summed E-state index contributed by atoms with van der Waals surface area (Å²) < 4.78 is 6.37. The zero-order valence-electron chi connectivity index (χ0n) is 11.7. The fourth-order valence-corrected chi connectivity index (χ4v) is 1.86. The number of benzene rings is 1. The van der Waals surface area contributed by atoms with Crippen molar-refractivity contribution in [3.63, 3.8) is 0 Å². The summed E-state index contributed by atoms with van der Waals surface area (Å²) in [6.45, 7) is 1.52. The first-order valence-electron chi connectivity index (χ1n) is 6.21. The van der Waals surface area contributed by atoms with Crippen molar-refractivity contribution in [3.8, 4) is 5.75 Å². The molecule has 7 nitrogen and oxygen atoms in total. The number of hydrogen-bond acceptors (Lipinski definition) is 4. The molecule has 7 heteroatoms. The van der Waals surface area contributed by atoms with Gasteiger partial charge in [0.25, 0.3) is 0 Å². The fourth-order valence-electron chi connectivity index (χ4n) is 1.86. The molecular weight excluding hydrogens is 274 g/mol. The van der Waals surface area contributed by atoms with Gasteiger partial charge in [-0.3, -0.25) is 9.48 Å². The monoisotopic (exact) mass is 289 g/mol. The van der Waals surface area contributed by atoms with Crippen LogP contribution in [0.15, 0.2) is 30.5 Å². The Balaban J connectivity index is 2.04. The molecule has 1 amide bonds.